The first-order valence-corrected chi connectivity index (χ1v) is 9.22. The molecule has 120 valence electrons. The lowest BCUT2D eigenvalue weighted by molar-refractivity contribution is 0.587. The molecule has 1 aromatic carbocycles. The Morgan fingerprint density at radius 1 is 1.10 bits per heavy atom. The highest BCUT2D eigenvalue weighted by molar-refractivity contribution is 7.92. The molecule has 0 aliphatic rings. The minimum Gasteiger partial charge on any atom is -0.317 e. The van der Waals surface area contributed by atoms with Crippen LogP contribution in [0.4, 0.5) is 5.69 Å². The molecule has 5 heteroatoms. The number of rotatable bonds is 8. The van der Waals surface area contributed by atoms with E-state index in [2.05, 4.69) is 30.8 Å². The third kappa shape index (κ3) is 6.48. The molecule has 0 saturated carbocycles. The molecule has 4 nitrogen and oxygen atoms in total. The van der Waals surface area contributed by atoms with Crippen molar-refractivity contribution in [1.29, 1.82) is 0 Å². The van der Waals surface area contributed by atoms with Crippen molar-refractivity contribution < 1.29 is 8.42 Å². The van der Waals surface area contributed by atoms with E-state index in [1.165, 1.54) is 0 Å². The summed E-state index contributed by atoms with van der Waals surface area (Å²) in [6.45, 7) is 10.1. The lowest BCUT2D eigenvalue weighted by Gasteiger charge is -2.23. The zero-order valence-corrected chi connectivity index (χ0v) is 14.4. The summed E-state index contributed by atoms with van der Waals surface area (Å²) in [5, 5.41) is 3.20. The fraction of sp³-hybridized carbons (Fsp3) is 0.625. The van der Waals surface area contributed by atoms with Gasteiger partial charge in [0.05, 0.1) is 11.4 Å². The molecule has 0 spiro atoms. The van der Waals surface area contributed by atoms with Crippen molar-refractivity contribution in [1.82, 2.24) is 5.32 Å². The van der Waals surface area contributed by atoms with Crippen LogP contribution in [0.3, 0.4) is 0 Å². The summed E-state index contributed by atoms with van der Waals surface area (Å²) in [6.07, 6.45) is 1.54. The second-order valence-corrected chi connectivity index (χ2v) is 8.12. The predicted molar refractivity (Wildman–Crippen MR) is 90.3 cm³/mol. The SMILES string of the molecule is CCNCCCCS(=O)(=O)Nc1ccccc1C(C)(C)C. The lowest BCUT2D eigenvalue weighted by Crippen LogP contribution is -2.22. The largest absolute Gasteiger partial charge is 0.317 e. The Kier molecular flexibility index (Phi) is 6.68. The first-order valence-electron chi connectivity index (χ1n) is 7.57. The van der Waals surface area contributed by atoms with Gasteiger partial charge < -0.3 is 5.32 Å². The number of nitrogens with one attached hydrogen (secondary N) is 2. The standard InChI is InChI=1S/C16H28N2O2S/c1-5-17-12-8-9-13-21(19,20)18-15-11-7-6-10-14(15)16(2,3)4/h6-7,10-11,17-18H,5,8-9,12-13H2,1-4H3. The molecule has 1 rings (SSSR count). The van der Waals surface area contributed by atoms with Gasteiger partial charge in [-0.3, -0.25) is 4.72 Å². The fourth-order valence-corrected chi connectivity index (χ4v) is 3.36. The number of anilines is 1. The summed E-state index contributed by atoms with van der Waals surface area (Å²) in [5.41, 5.74) is 1.61. The van der Waals surface area contributed by atoms with E-state index < -0.39 is 10.0 Å². The number of sulfonamides is 1. The molecule has 21 heavy (non-hydrogen) atoms. The number of benzene rings is 1. The Bertz CT molecular complexity index is 533. The van der Waals surface area contributed by atoms with Gasteiger partial charge in [-0.05, 0) is 43.0 Å². The van der Waals surface area contributed by atoms with E-state index in [9.17, 15) is 8.42 Å². The smallest absolute Gasteiger partial charge is 0.232 e. The van der Waals surface area contributed by atoms with Crippen molar-refractivity contribution in [2.24, 2.45) is 0 Å². The zero-order chi connectivity index (χ0) is 15.9. The quantitative estimate of drug-likeness (QED) is 0.725. The van der Waals surface area contributed by atoms with Crippen LogP contribution in [-0.4, -0.2) is 27.3 Å². The van der Waals surface area contributed by atoms with Crippen LogP contribution in [0.15, 0.2) is 24.3 Å². The first kappa shape index (κ1) is 18.0. The average molecular weight is 312 g/mol. The molecular formula is C16H28N2O2S. The molecule has 0 aliphatic carbocycles. The highest BCUT2D eigenvalue weighted by Crippen LogP contribution is 2.29. The number of hydrogen-bond donors (Lipinski definition) is 2. The van der Waals surface area contributed by atoms with Crippen LogP contribution in [0.2, 0.25) is 0 Å². The fourth-order valence-electron chi connectivity index (χ4n) is 2.16. The third-order valence-electron chi connectivity index (χ3n) is 3.27. The molecule has 0 heterocycles. The monoisotopic (exact) mass is 312 g/mol. The van der Waals surface area contributed by atoms with Gasteiger partial charge in [0, 0.05) is 0 Å². The summed E-state index contributed by atoms with van der Waals surface area (Å²) in [4.78, 5) is 0. The van der Waals surface area contributed by atoms with Crippen LogP contribution in [0.1, 0.15) is 46.1 Å². The number of hydrogen-bond acceptors (Lipinski definition) is 3. The van der Waals surface area contributed by atoms with Crippen molar-refractivity contribution >= 4 is 15.7 Å². The van der Waals surface area contributed by atoms with Crippen LogP contribution in [0.5, 0.6) is 0 Å². The minimum atomic E-state index is -3.28. The van der Waals surface area contributed by atoms with E-state index in [1.807, 2.05) is 31.2 Å². The summed E-state index contributed by atoms with van der Waals surface area (Å²) < 4.78 is 27.1. The van der Waals surface area contributed by atoms with Crippen LogP contribution >= 0.6 is 0 Å². The Labute approximate surface area is 129 Å². The molecule has 0 aliphatic heterocycles. The van der Waals surface area contributed by atoms with Crippen LogP contribution < -0.4 is 10.0 Å². The Morgan fingerprint density at radius 2 is 1.76 bits per heavy atom. The molecule has 1 aromatic rings. The van der Waals surface area contributed by atoms with E-state index in [4.69, 9.17) is 0 Å². The Morgan fingerprint density at radius 3 is 2.38 bits per heavy atom. The molecule has 0 atom stereocenters. The van der Waals surface area contributed by atoms with Crippen molar-refractivity contribution in [3.05, 3.63) is 29.8 Å². The van der Waals surface area contributed by atoms with Crippen LogP contribution in [0, 0.1) is 0 Å². The summed E-state index contributed by atoms with van der Waals surface area (Å²) >= 11 is 0. The van der Waals surface area contributed by atoms with Gasteiger partial charge in [-0.1, -0.05) is 45.9 Å². The third-order valence-corrected chi connectivity index (χ3v) is 4.62. The second kappa shape index (κ2) is 7.80. The molecule has 0 amide bonds. The molecule has 0 saturated heterocycles. The van der Waals surface area contributed by atoms with Crippen molar-refractivity contribution in [2.45, 2.75) is 46.0 Å². The lowest BCUT2D eigenvalue weighted by atomic mass is 9.86. The van der Waals surface area contributed by atoms with Crippen molar-refractivity contribution in [3.8, 4) is 0 Å². The van der Waals surface area contributed by atoms with E-state index in [0.717, 1.165) is 25.1 Å². The Balaban J connectivity index is 2.68. The average Bonchev–Trinajstić information content (AvgIpc) is 2.37. The second-order valence-electron chi connectivity index (χ2n) is 6.28. The summed E-state index contributed by atoms with van der Waals surface area (Å²) in [6, 6.07) is 7.60. The van der Waals surface area contributed by atoms with Crippen LogP contribution in [-0.2, 0) is 15.4 Å². The number of para-hydroxylation sites is 1. The molecule has 0 fully saturated rings. The summed E-state index contributed by atoms with van der Waals surface area (Å²) in [7, 11) is -3.28. The van der Waals surface area contributed by atoms with Crippen molar-refractivity contribution in [2.75, 3.05) is 23.6 Å². The Hall–Kier alpha value is -1.07. The molecule has 2 N–H and O–H groups in total. The van der Waals surface area contributed by atoms with E-state index in [1.54, 1.807) is 0 Å². The molecule has 0 bridgehead atoms. The van der Waals surface area contributed by atoms with Crippen LogP contribution in [0.25, 0.3) is 0 Å². The van der Waals surface area contributed by atoms with Gasteiger partial charge in [-0.15, -0.1) is 0 Å². The maximum Gasteiger partial charge on any atom is 0.232 e. The highest BCUT2D eigenvalue weighted by atomic mass is 32.2. The molecular weight excluding hydrogens is 284 g/mol. The van der Waals surface area contributed by atoms with Crippen molar-refractivity contribution in [3.63, 3.8) is 0 Å². The predicted octanol–water partition coefficient (Wildman–Crippen LogP) is 3.12. The number of unbranched alkanes of at least 4 members (excludes halogenated alkanes) is 1. The van der Waals surface area contributed by atoms with E-state index in [0.29, 0.717) is 12.1 Å². The normalized spacial score (nSPS) is 12.4. The first-order chi connectivity index (χ1) is 9.76. The highest BCUT2D eigenvalue weighted by Gasteiger charge is 2.20. The maximum absolute atomic E-state index is 12.2. The summed E-state index contributed by atoms with van der Waals surface area (Å²) in [5.74, 6) is 0.164. The zero-order valence-electron chi connectivity index (χ0n) is 13.6. The van der Waals surface area contributed by atoms with Gasteiger partial charge in [0.15, 0.2) is 0 Å². The van der Waals surface area contributed by atoms with E-state index >= 15 is 0 Å². The maximum atomic E-state index is 12.2. The molecule has 0 aromatic heterocycles. The van der Waals surface area contributed by atoms with Gasteiger partial charge in [0.25, 0.3) is 0 Å². The van der Waals surface area contributed by atoms with Gasteiger partial charge in [0.2, 0.25) is 10.0 Å². The topological polar surface area (TPSA) is 58.2 Å². The van der Waals surface area contributed by atoms with E-state index in [-0.39, 0.29) is 11.2 Å². The molecule has 0 unspecified atom stereocenters. The molecule has 0 radical (unpaired) electrons. The van der Waals surface area contributed by atoms with Gasteiger partial charge in [-0.25, -0.2) is 8.42 Å². The van der Waals surface area contributed by atoms with Gasteiger partial charge >= 0.3 is 0 Å². The van der Waals surface area contributed by atoms with Gasteiger partial charge in [0.1, 0.15) is 0 Å². The van der Waals surface area contributed by atoms with Gasteiger partial charge in [-0.2, -0.15) is 0 Å². The minimum absolute atomic E-state index is 0.0931.